The topological polar surface area (TPSA) is 38.3 Å². The van der Waals surface area contributed by atoms with E-state index >= 15 is 0 Å². The Morgan fingerprint density at radius 1 is 1.53 bits per heavy atom. The molecular formula is C11H15NO2S. The summed E-state index contributed by atoms with van der Waals surface area (Å²) < 4.78 is 5.17. The van der Waals surface area contributed by atoms with Gasteiger partial charge in [0, 0.05) is 12.1 Å². The van der Waals surface area contributed by atoms with Gasteiger partial charge in [-0.3, -0.25) is 4.79 Å². The maximum Gasteiger partial charge on any atom is 0.232 e. The quantitative estimate of drug-likeness (QED) is 0.764. The molecule has 0 fully saturated rings. The smallest absolute Gasteiger partial charge is 0.232 e. The van der Waals surface area contributed by atoms with Gasteiger partial charge < -0.3 is 10.1 Å². The fraction of sp³-hybridized carbons (Fsp3) is 0.364. The van der Waals surface area contributed by atoms with E-state index in [0.717, 1.165) is 11.3 Å². The van der Waals surface area contributed by atoms with Crippen molar-refractivity contribution < 1.29 is 9.53 Å². The van der Waals surface area contributed by atoms with E-state index in [1.807, 2.05) is 24.3 Å². The van der Waals surface area contributed by atoms with Crippen molar-refractivity contribution in [2.45, 2.75) is 18.7 Å². The minimum atomic E-state index is -0.292. The lowest BCUT2D eigenvalue weighted by atomic mass is 10.2. The van der Waals surface area contributed by atoms with Crippen LogP contribution in [0.15, 0.2) is 24.3 Å². The van der Waals surface area contributed by atoms with Crippen LogP contribution < -0.4 is 10.1 Å². The average Bonchev–Trinajstić information content (AvgIpc) is 2.26. The molecule has 0 aliphatic rings. The third-order valence-corrected chi connectivity index (χ3v) is 2.26. The van der Waals surface area contributed by atoms with Crippen LogP contribution in [0.2, 0.25) is 0 Å². The van der Waals surface area contributed by atoms with Crippen LogP contribution in [0.5, 0.6) is 5.75 Å². The molecule has 15 heavy (non-hydrogen) atoms. The number of carbonyl (C=O) groups excluding carboxylic acids is 1. The minimum absolute atomic E-state index is 0.0794. The molecule has 0 heterocycles. The summed E-state index contributed by atoms with van der Waals surface area (Å²) in [5, 5.41) is 2.49. The van der Waals surface area contributed by atoms with E-state index in [2.05, 4.69) is 17.9 Å². The molecule has 0 saturated heterocycles. The fourth-order valence-electron chi connectivity index (χ4n) is 1.18. The number of amides is 1. The predicted octanol–water partition coefficient (Wildman–Crippen LogP) is 1.63. The Bertz CT molecular complexity index is 339. The van der Waals surface area contributed by atoms with Crippen molar-refractivity contribution >= 4 is 18.5 Å². The Labute approximate surface area is 95.2 Å². The van der Waals surface area contributed by atoms with Gasteiger partial charge in [-0.05, 0) is 13.0 Å². The summed E-state index contributed by atoms with van der Waals surface area (Å²) in [6, 6.07) is 7.59. The monoisotopic (exact) mass is 225 g/mol. The molecule has 0 aliphatic carbocycles. The molecule has 0 aliphatic heterocycles. The SMILES string of the molecule is COc1ccccc1CNC(=O)C(C)S. The Hall–Kier alpha value is -1.16. The third-order valence-electron chi connectivity index (χ3n) is 2.03. The zero-order valence-electron chi connectivity index (χ0n) is 8.86. The van der Waals surface area contributed by atoms with E-state index in [1.165, 1.54) is 0 Å². The molecule has 1 amide bonds. The number of hydrogen-bond acceptors (Lipinski definition) is 3. The van der Waals surface area contributed by atoms with Crippen molar-refractivity contribution in [3.05, 3.63) is 29.8 Å². The Morgan fingerprint density at radius 2 is 2.20 bits per heavy atom. The number of nitrogens with one attached hydrogen (secondary N) is 1. The largest absolute Gasteiger partial charge is 0.496 e. The number of benzene rings is 1. The molecule has 1 rings (SSSR count). The number of ether oxygens (including phenoxy) is 1. The van der Waals surface area contributed by atoms with Gasteiger partial charge in [-0.25, -0.2) is 0 Å². The summed E-state index contributed by atoms with van der Waals surface area (Å²) in [5.74, 6) is 0.703. The van der Waals surface area contributed by atoms with Gasteiger partial charge in [-0.2, -0.15) is 12.6 Å². The van der Waals surface area contributed by atoms with E-state index in [1.54, 1.807) is 14.0 Å². The van der Waals surface area contributed by atoms with Gasteiger partial charge in [0.25, 0.3) is 0 Å². The second-order valence-corrected chi connectivity index (χ2v) is 3.98. The summed E-state index contributed by atoms with van der Waals surface area (Å²) >= 11 is 4.04. The Balaban J connectivity index is 2.61. The lowest BCUT2D eigenvalue weighted by Gasteiger charge is -2.10. The zero-order valence-corrected chi connectivity index (χ0v) is 9.75. The second kappa shape index (κ2) is 5.66. The van der Waals surface area contributed by atoms with E-state index < -0.39 is 0 Å². The van der Waals surface area contributed by atoms with E-state index in [-0.39, 0.29) is 11.2 Å². The zero-order chi connectivity index (χ0) is 11.3. The molecule has 0 saturated carbocycles. The molecule has 1 atom stereocenters. The van der Waals surface area contributed by atoms with Gasteiger partial charge in [0.2, 0.25) is 5.91 Å². The van der Waals surface area contributed by atoms with Gasteiger partial charge in [0.15, 0.2) is 0 Å². The maximum absolute atomic E-state index is 11.3. The van der Waals surface area contributed by atoms with E-state index in [9.17, 15) is 4.79 Å². The summed E-state index contributed by atoms with van der Waals surface area (Å²) in [7, 11) is 1.61. The lowest BCUT2D eigenvalue weighted by Crippen LogP contribution is -2.29. The highest BCUT2D eigenvalue weighted by Crippen LogP contribution is 2.16. The minimum Gasteiger partial charge on any atom is -0.496 e. The van der Waals surface area contributed by atoms with Crippen molar-refractivity contribution in [3.8, 4) is 5.75 Å². The molecule has 82 valence electrons. The van der Waals surface area contributed by atoms with Crippen LogP contribution >= 0.6 is 12.6 Å². The van der Waals surface area contributed by atoms with Crippen molar-refractivity contribution in [2.75, 3.05) is 7.11 Å². The van der Waals surface area contributed by atoms with Crippen molar-refractivity contribution in [3.63, 3.8) is 0 Å². The van der Waals surface area contributed by atoms with E-state index in [4.69, 9.17) is 4.74 Å². The predicted molar refractivity (Wildman–Crippen MR) is 63.3 cm³/mol. The summed E-state index contributed by atoms with van der Waals surface area (Å²) in [6.07, 6.45) is 0. The number of thiol groups is 1. The fourth-order valence-corrected chi connectivity index (χ4v) is 1.27. The first-order valence-corrected chi connectivity index (χ1v) is 5.24. The molecule has 1 N–H and O–H groups in total. The first-order chi connectivity index (χ1) is 7.15. The molecule has 0 bridgehead atoms. The molecule has 4 heteroatoms. The van der Waals surface area contributed by atoms with Crippen molar-refractivity contribution in [1.29, 1.82) is 0 Å². The van der Waals surface area contributed by atoms with Gasteiger partial charge >= 0.3 is 0 Å². The van der Waals surface area contributed by atoms with Crippen LogP contribution in [0.4, 0.5) is 0 Å². The number of hydrogen-bond donors (Lipinski definition) is 2. The highest BCUT2D eigenvalue weighted by atomic mass is 32.1. The summed E-state index contributed by atoms with van der Waals surface area (Å²) in [4.78, 5) is 11.3. The molecule has 0 spiro atoms. The van der Waals surface area contributed by atoms with Crippen molar-refractivity contribution in [2.24, 2.45) is 0 Å². The van der Waals surface area contributed by atoms with Crippen LogP contribution in [0.3, 0.4) is 0 Å². The summed E-state index contributed by atoms with van der Waals surface area (Å²) in [6.45, 7) is 2.20. The molecular weight excluding hydrogens is 210 g/mol. The molecule has 1 aromatic carbocycles. The summed E-state index contributed by atoms with van der Waals surface area (Å²) in [5.41, 5.74) is 0.960. The van der Waals surface area contributed by atoms with Crippen molar-refractivity contribution in [1.82, 2.24) is 5.32 Å². The van der Waals surface area contributed by atoms with Crippen LogP contribution in [-0.2, 0) is 11.3 Å². The number of para-hydroxylation sites is 1. The lowest BCUT2D eigenvalue weighted by molar-refractivity contribution is -0.120. The number of rotatable bonds is 4. The first kappa shape index (κ1) is 11.9. The van der Waals surface area contributed by atoms with Crippen LogP contribution in [-0.4, -0.2) is 18.3 Å². The maximum atomic E-state index is 11.3. The van der Waals surface area contributed by atoms with Gasteiger partial charge in [-0.1, -0.05) is 18.2 Å². The van der Waals surface area contributed by atoms with Gasteiger partial charge in [0.1, 0.15) is 5.75 Å². The highest BCUT2D eigenvalue weighted by Gasteiger charge is 2.08. The average molecular weight is 225 g/mol. The molecule has 0 aromatic heterocycles. The molecule has 0 radical (unpaired) electrons. The Morgan fingerprint density at radius 3 is 2.80 bits per heavy atom. The van der Waals surface area contributed by atoms with Crippen LogP contribution in [0, 0.1) is 0 Å². The van der Waals surface area contributed by atoms with E-state index in [0.29, 0.717) is 6.54 Å². The standard InChI is InChI=1S/C11H15NO2S/c1-8(15)11(13)12-7-9-5-3-4-6-10(9)14-2/h3-6,8,15H,7H2,1-2H3,(H,12,13). The first-order valence-electron chi connectivity index (χ1n) is 4.73. The van der Waals surface area contributed by atoms with Crippen LogP contribution in [0.25, 0.3) is 0 Å². The number of methoxy groups -OCH3 is 1. The molecule has 3 nitrogen and oxygen atoms in total. The van der Waals surface area contributed by atoms with Crippen LogP contribution in [0.1, 0.15) is 12.5 Å². The second-order valence-electron chi connectivity index (χ2n) is 3.21. The number of carbonyl (C=O) groups is 1. The molecule has 1 unspecified atom stereocenters. The normalized spacial score (nSPS) is 11.9. The van der Waals surface area contributed by atoms with Gasteiger partial charge in [0.05, 0.1) is 12.4 Å². The Kier molecular flexibility index (Phi) is 4.49. The molecule has 1 aromatic rings. The highest BCUT2D eigenvalue weighted by molar-refractivity contribution is 7.81. The third kappa shape index (κ3) is 3.47. The van der Waals surface area contributed by atoms with Gasteiger partial charge in [-0.15, -0.1) is 0 Å².